The van der Waals surface area contributed by atoms with Gasteiger partial charge in [0.15, 0.2) is 0 Å². The smallest absolute Gasteiger partial charge is 0.239 e. The molecule has 0 aliphatic rings. The fourth-order valence-electron chi connectivity index (χ4n) is 1.02. The van der Waals surface area contributed by atoms with Crippen molar-refractivity contribution >= 4 is 27.7 Å². The number of nitrogen functional groups attached to an aromatic ring is 1. The number of nitrogens with two attached hydrogens (primary N) is 1. The molecule has 0 unspecified atom stereocenters. The third-order valence-electron chi connectivity index (χ3n) is 1.72. The summed E-state index contributed by atoms with van der Waals surface area (Å²) in [5.74, 6) is 6.28. The number of anilines is 2. The molecule has 4 N–H and O–H groups in total. The van der Waals surface area contributed by atoms with Crippen molar-refractivity contribution in [1.82, 2.24) is 9.97 Å². The SMILES string of the molecule is CC(C)OCCNc1nc(NN)ncc1Br. The van der Waals surface area contributed by atoms with Crippen molar-refractivity contribution in [3.05, 3.63) is 10.7 Å². The molecule has 0 saturated heterocycles. The Morgan fingerprint density at radius 3 is 2.94 bits per heavy atom. The standard InChI is InChI=1S/C9H16BrN5O/c1-6(2)16-4-3-12-8-7(10)5-13-9(14-8)15-11/h5-6H,3-4,11H2,1-2H3,(H2,12,13,14,15). The first-order chi connectivity index (χ1) is 7.63. The van der Waals surface area contributed by atoms with Crippen LogP contribution < -0.4 is 16.6 Å². The highest BCUT2D eigenvalue weighted by atomic mass is 79.9. The molecule has 0 aromatic carbocycles. The van der Waals surface area contributed by atoms with Gasteiger partial charge in [-0.3, -0.25) is 5.43 Å². The summed E-state index contributed by atoms with van der Waals surface area (Å²) >= 11 is 3.34. The fourth-order valence-corrected chi connectivity index (χ4v) is 1.36. The summed E-state index contributed by atoms with van der Waals surface area (Å²) < 4.78 is 6.19. The molecule has 0 aliphatic heterocycles. The molecule has 1 aromatic rings. The molecule has 0 atom stereocenters. The highest BCUT2D eigenvalue weighted by Crippen LogP contribution is 2.19. The Morgan fingerprint density at radius 1 is 1.56 bits per heavy atom. The van der Waals surface area contributed by atoms with Gasteiger partial charge in [-0.25, -0.2) is 10.8 Å². The molecule has 0 aliphatic carbocycles. The van der Waals surface area contributed by atoms with Crippen molar-refractivity contribution in [3.63, 3.8) is 0 Å². The Bertz CT molecular complexity index is 334. The maximum atomic E-state index is 5.40. The average molecular weight is 290 g/mol. The van der Waals surface area contributed by atoms with E-state index in [9.17, 15) is 0 Å². The molecule has 1 rings (SSSR count). The molecule has 0 fully saturated rings. The minimum atomic E-state index is 0.233. The molecule has 0 saturated carbocycles. The lowest BCUT2D eigenvalue weighted by Gasteiger charge is -2.10. The van der Waals surface area contributed by atoms with Crippen LogP contribution in [0.5, 0.6) is 0 Å². The fraction of sp³-hybridized carbons (Fsp3) is 0.556. The van der Waals surface area contributed by atoms with Gasteiger partial charge in [0, 0.05) is 12.7 Å². The molecule has 16 heavy (non-hydrogen) atoms. The zero-order chi connectivity index (χ0) is 12.0. The third kappa shape index (κ3) is 4.30. The molecule has 7 heteroatoms. The van der Waals surface area contributed by atoms with E-state index >= 15 is 0 Å². The van der Waals surface area contributed by atoms with Crippen LogP contribution in [0.4, 0.5) is 11.8 Å². The molecule has 0 bridgehead atoms. The summed E-state index contributed by atoms with van der Waals surface area (Å²) in [5, 5.41) is 3.12. The largest absolute Gasteiger partial charge is 0.377 e. The predicted molar refractivity (Wildman–Crippen MR) is 67.1 cm³/mol. The second kappa shape index (κ2) is 6.62. The van der Waals surface area contributed by atoms with Gasteiger partial charge in [0.2, 0.25) is 5.95 Å². The molecule has 6 nitrogen and oxygen atoms in total. The van der Waals surface area contributed by atoms with E-state index in [-0.39, 0.29) is 6.10 Å². The Morgan fingerprint density at radius 2 is 2.31 bits per heavy atom. The Labute approximate surface area is 103 Å². The van der Waals surface area contributed by atoms with Crippen LogP contribution in [0.3, 0.4) is 0 Å². The molecular weight excluding hydrogens is 274 g/mol. The van der Waals surface area contributed by atoms with Crippen LogP contribution in [-0.4, -0.2) is 29.2 Å². The molecule has 1 heterocycles. The lowest BCUT2D eigenvalue weighted by Crippen LogP contribution is -2.16. The zero-order valence-corrected chi connectivity index (χ0v) is 10.9. The normalized spacial score (nSPS) is 10.6. The minimum Gasteiger partial charge on any atom is -0.377 e. The van der Waals surface area contributed by atoms with Crippen LogP contribution in [0.2, 0.25) is 0 Å². The number of nitrogens with one attached hydrogen (secondary N) is 2. The number of nitrogens with zero attached hydrogens (tertiary/aromatic N) is 2. The van der Waals surface area contributed by atoms with Crippen molar-refractivity contribution in [2.75, 3.05) is 23.9 Å². The number of hydrazine groups is 1. The van der Waals surface area contributed by atoms with E-state index in [1.807, 2.05) is 13.8 Å². The van der Waals surface area contributed by atoms with Crippen molar-refractivity contribution in [2.24, 2.45) is 5.84 Å². The third-order valence-corrected chi connectivity index (χ3v) is 2.30. The van der Waals surface area contributed by atoms with Crippen LogP contribution in [0.15, 0.2) is 10.7 Å². The van der Waals surface area contributed by atoms with Gasteiger partial charge in [-0.15, -0.1) is 0 Å². The van der Waals surface area contributed by atoms with Crippen LogP contribution in [0.1, 0.15) is 13.8 Å². The second-order valence-corrected chi connectivity index (χ2v) is 4.24. The maximum absolute atomic E-state index is 5.40. The van der Waals surface area contributed by atoms with E-state index in [0.29, 0.717) is 24.9 Å². The number of ether oxygens (including phenoxy) is 1. The van der Waals surface area contributed by atoms with Gasteiger partial charge in [-0.1, -0.05) is 0 Å². The van der Waals surface area contributed by atoms with Crippen molar-refractivity contribution in [3.8, 4) is 0 Å². The van der Waals surface area contributed by atoms with Gasteiger partial charge in [-0.2, -0.15) is 4.98 Å². The number of rotatable bonds is 6. The monoisotopic (exact) mass is 289 g/mol. The zero-order valence-electron chi connectivity index (χ0n) is 9.33. The first-order valence-electron chi connectivity index (χ1n) is 4.98. The van der Waals surface area contributed by atoms with Gasteiger partial charge in [0.05, 0.1) is 17.2 Å². The first-order valence-corrected chi connectivity index (χ1v) is 5.77. The summed E-state index contributed by atoms with van der Waals surface area (Å²) in [6.07, 6.45) is 1.87. The van der Waals surface area contributed by atoms with E-state index in [4.69, 9.17) is 10.6 Å². The topological polar surface area (TPSA) is 85.1 Å². The van der Waals surface area contributed by atoms with Gasteiger partial charge >= 0.3 is 0 Å². The molecule has 0 radical (unpaired) electrons. The van der Waals surface area contributed by atoms with Gasteiger partial charge in [0.25, 0.3) is 0 Å². The van der Waals surface area contributed by atoms with E-state index < -0.39 is 0 Å². The van der Waals surface area contributed by atoms with Gasteiger partial charge in [-0.05, 0) is 29.8 Å². The minimum absolute atomic E-state index is 0.233. The van der Waals surface area contributed by atoms with Crippen molar-refractivity contribution in [1.29, 1.82) is 0 Å². The van der Waals surface area contributed by atoms with Crippen molar-refractivity contribution < 1.29 is 4.74 Å². The number of halogens is 1. The Balaban J connectivity index is 2.46. The van der Waals surface area contributed by atoms with Crippen molar-refractivity contribution in [2.45, 2.75) is 20.0 Å². The van der Waals surface area contributed by atoms with Crippen LogP contribution in [-0.2, 0) is 4.74 Å². The predicted octanol–water partition coefficient (Wildman–Crippen LogP) is 1.36. The molecule has 90 valence electrons. The van der Waals surface area contributed by atoms with Crippen LogP contribution >= 0.6 is 15.9 Å². The highest BCUT2D eigenvalue weighted by molar-refractivity contribution is 9.10. The van der Waals surface area contributed by atoms with E-state index in [1.165, 1.54) is 0 Å². The average Bonchev–Trinajstić information content (AvgIpc) is 2.26. The molecule has 0 amide bonds. The summed E-state index contributed by atoms with van der Waals surface area (Å²) in [6.45, 7) is 5.30. The number of hydrogen-bond acceptors (Lipinski definition) is 6. The number of hydrogen-bond donors (Lipinski definition) is 3. The summed E-state index contributed by atoms with van der Waals surface area (Å²) in [7, 11) is 0. The lowest BCUT2D eigenvalue weighted by atomic mass is 10.5. The first kappa shape index (κ1) is 13.1. The molecule has 0 spiro atoms. The summed E-state index contributed by atoms with van der Waals surface area (Å²) in [5.41, 5.74) is 2.39. The van der Waals surface area contributed by atoms with Gasteiger partial charge in [0.1, 0.15) is 5.82 Å². The Kier molecular flexibility index (Phi) is 5.44. The summed E-state index contributed by atoms with van der Waals surface area (Å²) in [4.78, 5) is 8.10. The molecular formula is C9H16BrN5O. The van der Waals surface area contributed by atoms with Crippen LogP contribution in [0.25, 0.3) is 0 Å². The highest BCUT2D eigenvalue weighted by Gasteiger charge is 2.03. The van der Waals surface area contributed by atoms with E-state index in [2.05, 4.69) is 36.6 Å². The lowest BCUT2D eigenvalue weighted by molar-refractivity contribution is 0.0870. The molecule has 1 aromatic heterocycles. The van der Waals surface area contributed by atoms with E-state index in [0.717, 1.165) is 4.47 Å². The summed E-state index contributed by atoms with van der Waals surface area (Å²) in [6, 6.07) is 0. The Hall–Kier alpha value is -0.920. The quantitative estimate of drug-likeness (QED) is 0.417. The maximum Gasteiger partial charge on any atom is 0.239 e. The van der Waals surface area contributed by atoms with E-state index in [1.54, 1.807) is 6.20 Å². The van der Waals surface area contributed by atoms with Gasteiger partial charge < -0.3 is 10.1 Å². The second-order valence-electron chi connectivity index (χ2n) is 3.38. The number of aromatic nitrogens is 2. The van der Waals surface area contributed by atoms with Crippen LogP contribution in [0, 0.1) is 0 Å².